The predicted molar refractivity (Wildman–Crippen MR) is 39.7 cm³/mol. The molecule has 48 valence electrons. The van der Waals surface area contributed by atoms with Crippen LogP contribution in [0.1, 0.15) is 0 Å². The number of nitrogens with one attached hydrogen (secondary N) is 1. The van der Waals surface area contributed by atoms with E-state index in [1.165, 1.54) is 17.0 Å². The fraction of sp³-hybridized carbons (Fsp3) is 0. The Bertz CT molecular complexity index is 246. The van der Waals surface area contributed by atoms with Gasteiger partial charge in [-0.2, -0.15) is 0 Å². The van der Waals surface area contributed by atoms with Gasteiger partial charge >= 0.3 is 5.69 Å². The lowest BCUT2D eigenvalue weighted by atomic mass is 10.7. The maximum absolute atomic E-state index is 10.4. The van der Waals surface area contributed by atoms with Crippen molar-refractivity contribution < 1.29 is 0 Å². The lowest BCUT2D eigenvalue weighted by molar-refractivity contribution is 0.983. The number of aromatic nitrogens is 2. The zero-order valence-corrected chi connectivity index (χ0v) is 6.08. The van der Waals surface area contributed by atoms with Crippen LogP contribution in [0, 0.1) is 0 Å². The van der Waals surface area contributed by atoms with Crippen molar-refractivity contribution in [2.24, 2.45) is 0 Å². The van der Waals surface area contributed by atoms with Crippen molar-refractivity contribution in [2.75, 3.05) is 0 Å². The van der Waals surface area contributed by atoms with Gasteiger partial charge in [0.05, 0.1) is 5.03 Å². The fourth-order valence-corrected chi connectivity index (χ4v) is 0.979. The van der Waals surface area contributed by atoms with Crippen LogP contribution < -0.4 is 5.69 Å². The highest BCUT2D eigenvalue weighted by Gasteiger charge is 1.87. The van der Waals surface area contributed by atoms with E-state index < -0.39 is 0 Å². The molecule has 1 heterocycles. The number of rotatable bonds is 1. The first-order chi connectivity index (χ1) is 4.33. The average Bonchev–Trinajstić information content (AvgIpc) is 1.88. The molecule has 0 amide bonds. The van der Waals surface area contributed by atoms with Gasteiger partial charge in [0.15, 0.2) is 0 Å². The standard InChI is InChI=1S/C4H4N2OS2/c7-4-5-2-1-3(6-4)9-8/h1-2,8H,(H,5,6,7). The highest BCUT2D eigenvalue weighted by molar-refractivity contribution is 8.68. The minimum Gasteiger partial charge on any atom is -0.300 e. The zero-order chi connectivity index (χ0) is 6.69. The smallest absolute Gasteiger partial charge is 0.300 e. The number of aromatic amines is 1. The van der Waals surface area contributed by atoms with E-state index in [1.54, 1.807) is 6.07 Å². The molecule has 0 aliphatic rings. The average molecular weight is 160 g/mol. The number of hydrogen-bond donors (Lipinski definition) is 2. The Hall–Kier alpha value is -0.420. The number of hydrogen-bond acceptors (Lipinski definition) is 4. The highest BCUT2D eigenvalue weighted by atomic mass is 33.1. The van der Waals surface area contributed by atoms with E-state index in [9.17, 15) is 4.79 Å². The maximum Gasteiger partial charge on any atom is 0.345 e. The summed E-state index contributed by atoms with van der Waals surface area (Å²) in [5.41, 5.74) is -0.339. The van der Waals surface area contributed by atoms with Gasteiger partial charge in [-0.1, -0.05) is 0 Å². The van der Waals surface area contributed by atoms with Gasteiger partial charge in [-0.15, -0.1) is 11.7 Å². The molecule has 3 nitrogen and oxygen atoms in total. The van der Waals surface area contributed by atoms with Crippen molar-refractivity contribution in [1.29, 1.82) is 0 Å². The highest BCUT2D eigenvalue weighted by Crippen LogP contribution is 2.15. The minimum absolute atomic E-state index is 0.339. The number of nitrogens with zero attached hydrogens (tertiary/aromatic N) is 1. The molecule has 5 heteroatoms. The van der Waals surface area contributed by atoms with Gasteiger partial charge < -0.3 is 0 Å². The third-order valence-corrected chi connectivity index (χ3v) is 1.77. The Kier molecular flexibility index (Phi) is 2.18. The van der Waals surface area contributed by atoms with Crippen LogP contribution in [0.15, 0.2) is 22.1 Å². The first-order valence-electron chi connectivity index (χ1n) is 2.19. The summed E-state index contributed by atoms with van der Waals surface area (Å²) in [7, 11) is 1.18. The molecule has 0 aromatic carbocycles. The molecule has 1 N–H and O–H groups in total. The van der Waals surface area contributed by atoms with Gasteiger partial charge in [-0.05, 0) is 16.9 Å². The Labute approximate surface area is 60.7 Å². The van der Waals surface area contributed by atoms with E-state index in [4.69, 9.17) is 0 Å². The zero-order valence-electron chi connectivity index (χ0n) is 4.37. The fourth-order valence-electron chi connectivity index (χ4n) is 0.405. The first kappa shape index (κ1) is 6.70. The van der Waals surface area contributed by atoms with E-state index in [0.29, 0.717) is 5.03 Å². The van der Waals surface area contributed by atoms with Gasteiger partial charge in [0.25, 0.3) is 0 Å². The monoisotopic (exact) mass is 160 g/mol. The Morgan fingerprint density at radius 3 is 3.00 bits per heavy atom. The topological polar surface area (TPSA) is 45.8 Å². The summed E-state index contributed by atoms with van der Waals surface area (Å²) >= 11 is 3.88. The van der Waals surface area contributed by atoms with E-state index in [-0.39, 0.29) is 5.69 Å². The molecule has 0 saturated heterocycles. The largest absolute Gasteiger partial charge is 0.345 e. The summed E-state index contributed by atoms with van der Waals surface area (Å²) in [6.45, 7) is 0. The lowest BCUT2D eigenvalue weighted by Crippen LogP contribution is -2.08. The SMILES string of the molecule is O=c1nccc(SS)[nH]1. The predicted octanol–water partition coefficient (Wildman–Crippen LogP) is 0.707. The van der Waals surface area contributed by atoms with Crippen LogP contribution in [0.4, 0.5) is 0 Å². The van der Waals surface area contributed by atoms with Crippen molar-refractivity contribution in [3.8, 4) is 0 Å². The summed E-state index contributed by atoms with van der Waals surface area (Å²) < 4.78 is 0. The Balaban J connectivity index is 3.08. The van der Waals surface area contributed by atoms with Crippen molar-refractivity contribution in [3.05, 3.63) is 22.7 Å². The van der Waals surface area contributed by atoms with Crippen LogP contribution in [0.25, 0.3) is 0 Å². The van der Waals surface area contributed by atoms with Crippen LogP contribution >= 0.6 is 22.5 Å². The van der Waals surface area contributed by atoms with Gasteiger partial charge in [0.2, 0.25) is 0 Å². The summed E-state index contributed by atoms with van der Waals surface area (Å²) in [4.78, 5) is 16.3. The van der Waals surface area contributed by atoms with E-state index in [2.05, 4.69) is 21.6 Å². The second-order valence-corrected chi connectivity index (χ2v) is 2.50. The molecule has 0 fully saturated rings. The second-order valence-electron chi connectivity index (χ2n) is 1.33. The van der Waals surface area contributed by atoms with Crippen LogP contribution in [-0.2, 0) is 0 Å². The van der Waals surface area contributed by atoms with Crippen LogP contribution in [-0.4, -0.2) is 9.97 Å². The number of thiol groups is 1. The molecule has 1 aromatic heterocycles. The summed E-state index contributed by atoms with van der Waals surface area (Å²) in [6, 6.07) is 1.68. The van der Waals surface area contributed by atoms with E-state index in [0.717, 1.165) is 0 Å². The normalized spacial score (nSPS) is 9.44. The lowest BCUT2D eigenvalue weighted by Gasteiger charge is -1.88. The minimum atomic E-state index is -0.339. The van der Waals surface area contributed by atoms with Crippen LogP contribution in [0.3, 0.4) is 0 Å². The van der Waals surface area contributed by atoms with Gasteiger partial charge in [0, 0.05) is 6.20 Å². The molecular formula is C4H4N2OS2. The molecule has 0 aliphatic carbocycles. The third-order valence-electron chi connectivity index (χ3n) is 0.746. The van der Waals surface area contributed by atoms with Gasteiger partial charge in [-0.25, -0.2) is 9.78 Å². The molecule has 0 spiro atoms. The summed E-state index contributed by atoms with van der Waals surface area (Å²) in [5, 5.41) is 0.707. The molecular weight excluding hydrogens is 156 g/mol. The van der Waals surface area contributed by atoms with E-state index in [1.807, 2.05) is 0 Å². The molecule has 1 aromatic rings. The van der Waals surface area contributed by atoms with Gasteiger partial charge in [-0.3, -0.25) is 4.98 Å². The molecule has 0 aliphatic heterocycles. The van der Waals surface area contributed by atoms with Crippen molar-refractivity contribution >= 4 is 22.5 Å². The molecule has 0 saturated carbocycles. The number of H-pyrrole nitrogens is 1. The van der Waals surface area contributed by atoms with E-state index >= 15 is 0 Å². The molecule has 0 bridgehead atoms. The van der Waals surface area contributed by atoms with Crippen molar-refractivity contribution in [1.82, 2.24) is 9.97 Å². The summed E-state index contributed by atoms with van der Waals surface area (Å²) in [5.74, 6) is 0. The second kappa shape index (κ2) is 2.93. The quantitative estimate of drug-likeness (QED) is 0.361. The van der Waals surface area contributed by atoms with Crippen LogP contribution in [0.5, 0.6) is 0 Å². The van der Waals surface area contributed by atoms with Crippen molar-refractivity contribution in [2.45, 2.75) is 5.03 Å². The Morgan fingerprint density at radius 2 is 2.56 bits per heavy atom. The molecule has 0 unspecified atom stereocenters. The van der Waals surface area contributed by atoms with Crippen molar-refractivity contribution in [3.63, 3.8) is 0 Å². The molecule has 1 rings (SSSR count). The first-order valence-corrected chi connectivity index (χ1v) is 4.06. The molecule has 0 atom stereocenters. The molecule has 0 radical (unpaired) electrons. The van der Waals surface area contributed by atoms with Gasteiger partial charge in [0.1, 0.15) is 0 Å². The third kappa shape index (κ3) is 1.76. The Morgan fingerprint density at radius 1 is 1.78 bits per heavy atom. The summed E-state index contributed by atoms with van der Waals surface area (Å²) in [6.07, 6.45) is 1.44. The maximum atomic E-state index is 10.4. The van der Waals surface area contributed by atoms with Crippen LogP contribution in [0.2, 0.25) is 0 Å². The molecule has 9 heavy (non-hydrogen) atoms.